The average Bonchev–Trinajstić information content (AvgIpc) is 2.81. The second-order valence-corrected chi connectivity index (χ2v) is 7.13. The van der Waals surface area contributed by atoms with Crippen LogP contribution >= 0.6 is 0 Å². The molecule has 1 aliphatic rings. The second-order valence-electron chi connectivity index (χ2n) is 7.13. The fourth-order valence-electron chi connectivity index (χ4n) is 3.54. The van der Waals surface area contributed by atoms with E-state index in [0.29, 0.717) is 37.2 Å². The van der Waals surface area contributed by atoms with Crippen LogP contribution in [0.1, 0.15) is 18.5 Å². The molecule has 2 N–H and O–H groups in total. The van der Waals surface area contributed by atoms with Crippen LogP contribution < -0.4 is 20.1 Å². The number of benzene rings is 2. The minimum atomic E-state index is -0.239. The molecule has 168 valence electrons. The van der Waals surface area contributed by atoms with Gasteiger partial charge in [-0.05, 0) is 36.8 Å². The summed E-state index contributed by atoms with van der Waals surface area (Å²) in [5, 5.41) is 6.60. The van der Waals surface area contributed by atoms with Crippen LogP contribution in [-0.2, 0) is 4.74 Å². The van der Waals surface area contributed by atoms with Crippen molar-refractivity contribution in [3.05, 3.63) is 53.8 Å². The molecule has 0 radical (unpaired) electrons. The highest BCUT2D eigenvalue weighted by molar-refractivity contribution is 5.94. The van der Waals surface area contributed by atoms with Gasteiger partial charge in [0.05, 0.1) is 40.0 Å². The van der Waals surface area contributed by atoms with E-state index >= 15 is 0 Å². The van der Waals surface area contributed by atoms with Crippen molar-refractivity contribution >= 4 is 11.6 Å². The number of morpholine rings is 1. The number of guanidine groups is 1. The molecule has 8 heteroatoms. The lowest BCUT2D eigenvalue weighted by Crippen LogP contribution is -2.41. The van der Waals surface area contributed by atoms with Gasteiger partial charge in [-0.1, -0.05) is 12.1 Å². The van der Waals surface area contributed by atoms with Gasteiger partial charge in [-0.2, -0.15) is 0 Å². The maximum absolute atomic E-state index is 13.5. The van der Waals surface area contributed by atoms with Crippen LogP contribution in [-0.4, -0.2) is 64.5 Å². The van der Waals surface area contributed by atoms with Crippen molar-refractivity contribution in [3.8, 4) is 11.5 Å². The minimum absolute atomic E-state index is 0.0327. The van der Waals surface area contributed by atoms with E-state index in [1.54, 1.807) is 14.2 Å². The number of hydrogen-bond acceptors (Lipinski definition) is 5. The lowest BCUT2D eigenvalue weighted by atomic mass is 10.0. The molecule has 1 atom stereocenters. The second kappa shape index (κ2) is 11.5. The van der Waals surface area contributed by atoms with Crippen molar-refractivity contribution in [2.24, 2.45) is 4.99 Å². The summed E-state index contributed by atoms with van der Waals surface area (Å²) < 4.78 is 29.7. The topological polar surface area (TPSA) is 67.4 Å². The molecule has 0 amide bonds. The van der Waals surface area contributed by atoms with Crippen molar-refractivity contribution in [2.75, 3.05) is 58.9 Å². The van der Waals surface area contributed by atoms with Crippen molar-refractivity contribution in [1.29, 1.82) is 0 Å². The number of methoxy groups -OCH3 is 2. The normalized spacial score (nSPS) is 15.9. The zero-order valence-corrected chi connectivity index (χ0v) is 18.4. The predicted octanol–water partition coefficient (Wildman–Crippen LogP) is 3.29. The number of aliphatic imine (C=N–C) groups is 1. The van der Waals surface area contributed by atoms with Gasteiger partial charge in [-0.3, -0.25) is 9.89 Å². The lowest BCUT2D eigenvalue weighted by molar-refractivity contribution is 0.0180. The summed E-state index contributed by atoms with van der Waals surface area (Å²) in [6.45, 7) is 6.27. The first-order valence-electron chi connectivity index (χ1n) is 10.5. The van der Waals surface area contributed by atoms with E-state index in [4.69, 9.17) is 19.2 Å². The average molecular weight is 431 g/mol. The summed E-state index contributed by atoms with van der Waals surface area (Å²) in [6.07, 6.45) is 0. The largest absolute Gasteiger partial charge is 0.493 e. The van der Waals surface area contributed by atoms with E-state index in [0.717, 1.165) is 30.9 Å². The van der Waals surface area contributed by atoms with Crippen molar-refractivity contribution in [3.63, 3.8) is 0 Å². The van der Waals surface area contributed by atoms with E-state index in [2.05, 4.69) is 15.5 Å². The van der Waals surface area contributed by atoms with E-state index < -0.39 is 0 Å². The highest BCUT2D eigenvalue weighted by atomic mass is 19.1. The molecule has 1 saturated heterocycles. The third-order valence-corrected chi connectivity index (χ3v) is 5.15. The Bertz CT molecular complexity index is 854. The molecular weight excluding hydrogens is 399 g/mol. The molecule has 0 aliphatic carbocycles. The standard InChI is InChI=1S/C23H31FN4O3/c1-4-25-23(27-19-9-10-21(29-2)22(15-19)30-3)26-16-20(28-11-13-31-14-12-28)17-5-7-18(24)8-6-17/h5-10,15,20H,4,11-14,16H2,1-3H3,(H2,25,26,27). The van der Waals surface area contributed by atoms with E-state index in [-0.39, 0.29) is 11.9 Å². The van der Waals surface area contributed by atoms with Gasteiger partial charge in [0.15, 0.2) is 17.5 Å². The van der Waals surface area contributed by atoms with Gasteiger partial charge < -0.3 is 24.8 Å². The number of ether oxygens (including phenoxy) is 3. The molecule has 7 nitrogen and oxygen atoms in total. The highest BCUT2D eigenvalue weighted by Crippen LogP contribution is 2.29. The summed E-state index contributed by atoms with van der Waals surface area (Å²) >= 11 is 0. The minimum Gasteiger partial charge on any atom is -0.493 e. The Labute approximate surface area is 183 Å². The molecule has 1 heterocycles. The summed E-state index contributed by atoms with van der Waals surface area (Å²) in [4.78, 5) is 7.16. The first-order valence-corrected chi connectivity index (χ1v) is 10.5. The molecule has 0 bridgehead atoms. The van der Waals surface area contributed by atoms with E-state index in [9.17, 15) is 4.39 Å². The third kappa shape index (κ3) is 6.32. The predicted molar refractivity (Wildman–Crippen MR) is 121 cm³/mol. The van der Waals surface area contributed by atoms with Gasteiger partial charge in [0, 0.05) is 31.4 Å². The fraction of sp³-hybridized carbons (Fsp3) is 0.435. The fourth-order valence-corrected chi connectivity index (χ4v) is 3.54. The first-order chi connectivity index (χ1) is 15.1. The zero-order chi connectivity index (χ0) is 22.1. The van der Waals surface area contributed by atoms with Gasteiger partial charge in [-0.25, -0.2) is 4.39 Å². The summed E-state index contributed by atoms with van der Waals surface area (Å²) in [7, 11) is 3.22. The highest BCUT2D eigenvalue weighted by Gasteiger charge is 2.22. The zero-order valence-electron chi connectivity index (χ0n) is 18.4. The summed E-state index contributed by atoms with van der Waals surface area (Å²) in [6, 6.07) is 12.3. The van der Waals surface area contributed by atoms with Gasteiger partial charge in [-0.15, -0.1) is 0 Å². The van der Waals surface area contributed by atoms with Gasteiger partial charge in [0.1, 0.15) is 5.82 Å². The Hall–Kier alpha value is -2.84. The molecule has 1 unspecified atom stereocenters. The summed E-state index contributed by atoms with van der Waals surface area (Å²) in [5.41, 5.74) is 1.87. The molecule has 31 heavy (non-hydrogen) atoms. The van der Waals surface area contributed by atoms with Crippen LogP contribution in [0.3, 0.4) is 0 Å². The quantitative estimate of drug-likeness (QED) is 0.495. The number of halogens is 1. The molecular formula is C23H31FN4O3. The number of rotatable bonds is 8. The maximum Gasteiger partial charge on any atom is 0.195 e. The molecule has 0 saturated carbocycles. The van der Waals surface area contributed by atoms with Crippen molar-refractivity contribution < 1.29 is 18.6 Å². The van der Waals surface area contributed by atoms with Crippen molar-refractivity contribution in [1.82, 2.24) is 10.2 Å². The Morgan fingerprint density at radius 2 is 1.81 bits per heavy atom. The Morgan fingerprint density at radius 1 is 1.10 bits per heavy atom. The van der Waals surface area contributed by atoms with Gasteiger partial charge >= 0.3 is 0 Å². The number of nitrogens with zero attached hydrogens (tertiary/aromatic N) is 2. The van der Waals surface area contributed by atoms with Crippen LogP contribution in [0.4, 0.5) is 10.1 Å². The number of nitrogens with one attached hydrogen (secondary N) is 2. The van der Waals surface area contributed by atoms with Crippen LogP contribution in [0, 0.1) is 5.82 Å². The third-order valence-electron chi connectivity index (χ3n) is 5.15. The first kappa shape index (κ1) is 22.8. The van der Waals surface area contributed by atoms with E-state index in [1.165, 1.54) is 12.1 Å². The number of anilines is 1. The smallest absolute Gasteiger partial charge is 0.195 e. The van der Waals surface area contributed by atoms with Crippen LogP contribution in [0.2, 0.25) is 0 Å². The van der Waals surface area contributed by atoms with Crippen LogP contribution in [0.25, 0.3) is 0 Å². The summed E-state index contributed by atoms with van der Waals surface area (Å²) in [5.74, 6) is 1.73. The molecule has 0 aromatic heterocycles. The van der Waals surface area contributed by atoms with Crippen LogP contribution in [0.5, 0.6) is 11.5 Å². The Balaban J connectivity index is 1.80. The van der Waals surface area contributed by atoms with Crippen LogP contribution in [0.15, 0.2) is 47.5 Å². The maximum atomic E-state index is 13.5. The molecule has 1 aliphatic heterocycles. The van der Waals surface area contributed by atoms with E-state index in [1.807, 2.05) is 37.3 Å². The molecule has 2 aromatic carbocycles. The number of hydrogen-bond donors (Lipinski definition) is 2. The molecule has 0 spiro atoms. The molecule has 1 fully saturated rings. The Morgan fingerprint density at radius 3 is 2.45 bits per heavy atom. The monoisotopic (exact) mass is 430 g/mol. The van der Waals surface area contributed by atoms with Gasteiger partial charge in [0.25, 0.3) is 0 Å². The molecule has 3 rings (SSSR count). The van der Waals surface area contributed by atoms with Gasteiger partial charge in [0.2, 0.25) is 0 Å². The lowest BCUT2D eigenvalue weighted by Gasteiger charge is -2.34. The Kier molecular flexibility index (Phi) is 8.49. The SMILES string of the molecule is CCNC(=NCC(c1ccc(F)cc1)N1CCOCC1)Nc1ccc(OC)c(OC)c1. The molecule has 2 aromatic rings. The van der Waals surface area contributed by atoms with Crippen molar-refractivity contribution in [2.45, 2.75) is 13.0 Å².